The van der Waals surface area contributed by atoms with Gasteiger partial charge in [0.15, 0.2) is 0 Å². The maximum Gasteiger partial charge on any atom is 0.303 e. The monoisotopic (exact) mass is 524 g/mol. The van der Waals surface area contributed by atoms with Gasteiger partial charge in [-0.1, -0.05) is 60.7 Å². The number of nitrogens with zero attached hydrogens (tertiary/aromatic N) is 2. The van der Waals surface area contributed by atoms with Gasteiger partial charge >= 0.3 is 5.97 Å². The van der Waals surface area contributed by atoms with E-state index in [1.807, 2.05) is 85.5 Å². The summed E-state index contributed by atoms with van der Waals surface area (Å²) in [5.74, 6) is 4.97. The third-order valence-electron chi connectivity index (χ3n) is 7.15. The SMILES string of the molecule is CCN(N)c1cccc(C)c1N.O=C(O)CCc1ccc2c(c1)CN(C(=O)c1ccc3ccccc3c1)CC2. The summed E-state index contributed by atoms with van der Waals surface area (Å²) in [5.41, 5.74) is 12.7. The zero-order valence-electron chi connectivity index (χ0n) is 22.6. The Labute approximate surface area is 229 Å². The number of fused-ring (bicyclic) bond motifs is 2. The van der Waals surface area contributed by atoms with Crippen LogP contribution in [0.5, 0.6) is 0 Å². The number of hydrogen-bond donors (Lipinski definition) is 3. The van der Waals surface area contributed by atoms with Crippen molar-refractivity contribution < 1.29 is 14.7 Å². The van der Waals surface area contributed by atoms with Gasteiger partial charge in [-0.2, -0.15) is 0 Å². The Morgan fingerprint density at radius 2 is 1.72 bits per heavy atom. The number of anilines is 2. The number of carboxylic acid groups (broad SMARTS) is 1. The van der Waals surface area contributed by atoms with Crippen LogP contribution < -0.4 is 16.6 Å². The quantitative estimate of drug-likeness (QED) is 0.178. The maximum atomic E-state index is 13.0. The minimum atomic E-state index is -0.791. The summed E-state index contributed by atoms with van der Waals surface area (Å²) in [4.78, 5) is 25.7. The lowest BCUT2D eigenvalue weighted by Gasteiger charge is -2.29. The molecule has 5 N–H and O–H groups in total. The fourth-order valence-electron chi connectivity index (χ4n) is 4.78. The molecule has 5 rings (SSSR count). The molecule has 0 atom stereocenters. The van der Waals surface area contributed by atoms with Gasteiger partial charge in [0.25, 0.3) is 5.91 Å². The molecule has 0 fully saturated rings. The van der Waals surface area contributed by atoms with E-state index in [4.69, 9.17) is 16.7 Å². The molecule has 0 radical (unpaired) electrons. The number of nitrogens with two attached hydrogens (primary N) is 2. The van der Waals surface area contributed by atoms with Crippen molar-refractivity contribution in [2.24, 2.45) is 5.84 Å². The first-order valence-electron chi connectivity index (χ1n) is 13.2. The third-order valence-corrected chi connectivity index (χ3v) is 7.15. The number of carbonyl (C=O) groups excluding carboxylic acids is 1. The van der Waals surface area contributed by atoms with Crippen LogP contribution in [0.25, 0.3) is 10.8 Å². The van der Waals surface area contributed by atoms with Crippen LogP contribution in [0.15, 0.2) is 78.9 Å². The molecular weight excluding hydrogens is 488 g/mol. The van der Waals surface area contributed by atoms with Crippen molar-refractivity contribution in [3.05, 3.63) is 107 Å². The van der Waals surface area contributed by atoms with Crippen LogP contribution in [0.3, 0.4) is 0 Å². The molecule has 7 nitrogen and oxygen atoms in total. The van der Waals surface area contributed by atoms with Crippen LogP contribution in [-0.4, -0.2) is 35.0 Å². The van der Waals surface area contributed by atoms with Crippen molar-refractivity contribution >= 4 is 34.0 Å². The highest BCUT2D eigenvalue weighted by Gasteiger charge is 2.22. The summed E-state index contributed by atoms with van der Waals surface area (Å²) < 4.78 is 0. The maximum absolute atomic E-state index is 13.0. The van der Waals surface area contributed by atoms with Crippen LogP contribution in [0, 0.1) is 6.92 Å². The number of rotatable bonds is 6. The summed E-state index contributed by atoms with van der Waals surface area (Å²) in [5, 5.41) is 12.7. The van der Waals surface area contributed by atoms with Gasteiger partial charge < -0.3 is 20.7 Å². The van der Waals surface area contributed by atoms with Gasteiger partial charge in [0.1, 0.15) is 0 Å². The van der Waals surface area contributed by atoms with Crippen molar-refractivity contribution in [3.63, 3.8) is 0 Å². The van der Waals surface area contributed by atoms with Crippen molar-refractivity contribution in [2.45, 2.75) is 39.7 Å². The molecule has 4 aromatic rings. The predicted octanol–water partition coefficient (Wildman–Crippen LogP) is 5.33. The fourth-order valence-corrected chi connectivity index (χ4v) is 4.78. The summed E-state index contributed by atoms with van der Waals surface area (Å²) >= 11 is 0. The summed E-state index contributed by atoms with van der Waals surface area (Å²) in [6.45, 7) is 5.99. The first kappa shape index (κ1) is 27.7. The Morgan fingerprint density at radius 1 is 0.949 bits per heavy atom. The van der Waals surface area contributed by atoms with E-state index >= 15 is 0 Å². The second-order valence-electron chi connectivity index (χ2n) is 9.83. The highest BCUT2D eigenvalue weighted by Crippen LogP contribution is 2.25. The number of nitrogen functional groups attached to an aromatic ring is 1. The van der Waals surface area contributed by atoms with Crippen molar-refractivity contribution in [1.29, 1.82) is 0 Å². The number of carboxylic acids is 1. The molecule has 1 aliphatic heterocycles. The van der Waals surface area contributed by atoms with Gasteiger partial charge in [-0.05, 0) is 77.9 Å². The van der Waals surface area contributed by atoms with Gasteiger partial charge in [-0.15, -0.1) is 0 Å². The van der Waals surface area contributed by atoms with Crippen molar-refractivity contribution in [3.8, 4) is 0 Å². The normalized spacial score (nSPS) is 12.3. The minimum Gasteiger partial charge on any atom is -0.481 e. The largest absolute Gasteiger partial charge is 0.481 e. The molecule has 0 unspecified atom stereocenters. The smallest absolute Gasteiger partial charge is 0.303 e. The van der Waals surface area contributed by atoms with Crippen LogP contribution in [0.2, 0.25) is 0 Å². The summed E-state index contributed by atoms with van der Waals surface area (Å²) in [6, 6.07) is 25.9. The first-order valence-corrected chi connectivity index (χ1v) is 13.2. The molecule has 4 aromatic carbocycles. The third kappa shape index (κ3) is 6.75. The van der Waals surface area contributed by atoms with E-state index in [1.165, 1.54) is 5.56 Å². The number of benzene rings is 4. The average molecular weight is 525 g/mol. The Morgan fingerprint density at radius 3 is 2.46 bits per heavy atom. The molecular formula is C32H36N4O3. The number of hydrogen-bond acceptors (Lipinski definition) is 5. The van der Waals surface area contributed by atoms with E-state index in [2.05, 4.69) is 12.1 Å². The van der Waals surface area contributed by atoms with Gasteiger partial charge in [-0.25, -0.2) is 5.84 Å². The molecule has 0 spiro atoms. The number of amides is 1. The molecule has 0 saturated heterocycles. The lowest BCUT2D eigenvalue weighted by Crippen LogP contribution is -2.36. The van der Waals surface area contributed by atoms with Gasteiger partial charge in [0, 0.05) is 31.6 Å². The van der Waals surface area contributed by atoms with Crippen LogP contribution in [0.4, 0.5) is 11.4 Å². The lowest BCUT2D eigenvalue weighted by atomic mass is 9.95. The summed E-state index contributed by atoms with van der Waals surface area (Å²) in [6.07, 6.45) is 1.47. The van der Waals surface area contributed by atoms with E-state index in [9.17, 15) is 9.59 Å². The number of para-hydroxylation sites is 1. The van der Waals surface area contributed by atoms with Crippen LogP contribution in [-0.2, 0) is 24.2 Å². The number of aliphatic carboxylic acids is 1. The number of hydrazine groups is 1. The lowest BCUT2D eigenvalue weighted by molar-refractivity contribution is -0.136. The van der Waals surface area contributed by atoms with Gasteiger partial charge in [0.2, 0.25) is 0 Å². The topological polar surface area (TPSA) is 113 Å². The van der Waals surface area contributed by atoms with Crippen LogP contribution >= 0.6 is 0 Å². The van der Waals surface area contributed by atoms with E-state index in [0.29, 0.717) is 25.1 Å². The van der Waals surface area contributed by atoms with Crippen molar-refractivity contribution in [1.82, 2.24) is 4.90 Å². The molecule has 202 valence electrons. The molecule has 1 amide bonds. The average Bonchev–Trinajstić information content (AvgIpc) is 2.96. The Bertz CT molecular complexity index is 1480. The molecule has 39 heavy (non-hydrogen) atoms. The highest BCUT2D eigenvalue weighted by molar-refractivity contribution is 5.98. The molecule has 0 aromatic heterocycles. The van der Waals surface area contributed by atoms with E-state index in [-0.39, 0.29) is 12.3 Å². The molecule has 0 bridgehead atoms. The summed E-state index contributed by atoms with van der Waals surface area (Å²) in [7, 11) is 0. The zero-order chi connectivity index (χ0) is 27.9. The molecule has 7 heteroatoms. The second-order valence-corrected chi connectivity index (χ2v) is 9.83. The second kappa shape index (κ2) is 12.5. The van der Waals surface area contributed by atoms with E-state index in [0.717, 1.165) is 51.8 Å². The standard InChI is InChI=1S/C23H21NO3.C9H15N3/c25-22(26)10-6-16-5-7-18-11-12-24(15-21(18)13-16)23(27)20-9-8-17-3-1-2-4-19(17)14-20;1-3-12(11)8-6-4-5-7(2)9(8)10/h1-5,7-9,13-14H,6,10-12,15H2,(H,25,26);4-6H,3,10-11H2,1-2H3. The predicted molar refractivity (Wildman–Crippen MR) is 158 cm³/mol. The highest BCUT2D eigenvalue weighted by atomic mass is 16.4. The van der Waals surface area contributed by atoms with E-state index in [1.54, 1.807) is 5.01 Å². The van der Waals surface area contributed by atoms with Gasteiger partial charge in [-0.3, -0.25) is 9.59 Å². The molecule has 0 saturated carbocycles. The Hall–Kier alpha value is -4.36. The molecule has 1 aliphatic rings. The van der Waals surface area contributed by atoms with E-state index < -0.39 is 5.97 Å². The Kier molecular flexibility index (Phi) is 8.84. The first-order chi connectivity index (χ1) is 18.8. The van der Waals surface area contributed by atoms with Crippen LogP contribution in [0.1, 0.15) is 46.0 Å². The fraction of sp³-hybridized carbons (Fsp3) is 0.250. The minimum absolute atomic E-state index is 0.0438. The number of carbonyl (C=O) groups is 2. The molecule has 1 heterocycles. The number of aryl methyl sites for hydroxylation is 2. The van der Waals surface area contributed by atoms with Crippen molar-refractivity contribution in [2.75, 3.05) is 23.8 Å². The molecule has 0 aliphatic carbocycles. The Balaban J connectivity index is 0.000000247. The van der Waals surface area contributed by atoms with Gasteiger partial charge in [0.05, 0.1) is 11.4 Å². The zero-order valence-corrected chi connectivity index (χ0v) is 22.6.